The van der Waals surface area contributed by atoms with Crippen LogP contribution in [0.5, 0.6) is 5.75 Å². The van der Waals surface area contributed by atoms with Gasteiger partial charge in [-0.2, -0.15) is 0 Å². The Morgan fingerprint density at radius 1 is 0.844 bits per heavy atom. The highest BCUT2D eigenvalue weighted by molar-refractivity contribution is 5.46. The minimum Gasteiger partial charge on any atom is -0.491 e. The topological polar surface area (TPSA) is 68.6 Å². The summed E-state index contributed by atoms with van der Waals surface area (Å²) in [6.45, 7) is 7.72. The summed E-state index contributed by atoms with van der Waals surface area (Å²) in [6.07, 6.45) is -0.306. The Bertz CT molecular complexity index is 797. The number of aliphatic hydroxyl groups excluding tert-OH is 2. The van der Waals surface area contributed by atoms with Crippen molar-refractivity contribution >= 4 is 5.69 Å². The van der Waals surface area contributed by atoms with Crippen molar-refractivity contribution in [1.82, 2.24) is 9.80 Å². The molecular formula is C25H35N3O4. The quantitative estimate of drug-likeness (QED) is 0.541. The highest BCUT2D eigenvalue weighted by Gasteiger charge is 2.36. The number of para-hydroxylation sites is 1. The van der Waals surface area contributed by atoms with Gasteiger partial charge in [-0.25, -0.2) is 0 Å². The van der Waals surface area contributed by atoms with Crippen molar-refractivity contribution < 1.29 is 19.7 Å². The van der Waals surface area contributed by atoms with Gasteiger partial charge in [-0.15, -0.1) is 0 Å². The molecule has 0 aliphatic carbocycles. The summed E-state index contributed by atoms with van der Waals surface area (Å²) < 4.78 is 10.9. The molecule has 2 fully saturated rings. The SMILES string of the molecule is OCCOCCOc1ccc(CN2C[C@H](O)[C@@H](N3CCN(c4ccccc4)CC3)C2)cc1. The third-order valence-corrected chi connectivity index (χ3v) is 6.30. The van der Waals surface area contributed by atoms with Crippen LogP contribution in [-0.2, 0) is 11.3 Å². The van der Waals surface area contributed by atoms with E-state index in [4.69, 9.17) is 14.6 Å². The molecule has 174 valence electrons. The molecule has 0 aromatic heterocycles. The zero-order valence-corrected chi connectivity index (χ0v) is 18.7. The van der Waals surface area contributed by atoms with Crippen LogP contribution in [0.4, 0.5) is 5.69 Å². The molecule has 2 aliphatic rings. The standard InChI is InChI=1S/C25H35N3O4/c29-14-15-31-16-17-32-23-8-6-21(7-9-23)18-26-19-24(25(30)20-26)28-12-10-27(11-13-28)22-4-2-1-3-5-22/h1-9,24-25,29-30H,10-20H2/t24-,25-/m0/s1. The first-order valence-electron chi connectivity index (χ1n) is 11.6. The van der Waals surface area contributed by atoms with Crippen LogP contribution in [0.3, 0.4) is 0 Å². The molecule has 32 heavy (non-hydrogen) atoms. The Morgan fingerprint density at radius 2 is 1.59 bits per heavy atom. The highest BCUT2D eigenvalue weighted by atomic mass is 16.5. The normalized spacial score (nSPS) is 22.4. The van der Waals surface area contributed by atoms with Crippen molar-refractivity contribution in [2.24, 2.45) is 0 Å². The fourth-order valence-corrected chi connectivity index (χ4v) is 4.62. The average molecular weight is 442 g/mol. The molecule has 0 radical (unpaired) electrons. The number of hydrogen-bond donors (Lipinski definition) is 2. The number of anilines is 1. The van der Waals surface area contributed by atoms with E-state index in [0.29, 0.717) is 26.4 Å². The lowest BCUT2D eigenvalue weighted by Crippen LogP contribution is -2.53. The second-order valence-electron chi connectivity index (χ2n) is 8.52. The van der Waals surface area contributed by atoms with Crippen LogP contribution in [0.15, 0.2) is 54.6 Å². The van der Waals surface area contributed by atoms with E-state index < -0.39 is 0 Å². The minimum atomic E-state index is -0.306. The van der Waals surface area contributed by atoms with Crippen LogP contribution in [0.25, 0.3) is 0 Å². The number of hydrogen-bond acceptors (Lipinski definition) is 7. The predicted octanol–water partition coefficient (Wildman–Crippen LogP) is 1.44. The second kappa shape index (κ2) is 11.6. The minimum absolute atomic E-state index is 0.0324. The highest BCUT2D eigenvalue weighted by Crippen LogP contribution is 2.23. The molecule has 2 aromatic rings. The van der Waals surface area contributed by atoms with Crippen LogP contribution >= 0.6 is 0 Å². The number of nitrogens with zero attached hydrogens (tertiary/aromatic N) is 3. The van der Waals surface area contributed by atoms with E-state index >= 15 is 0 Å². The molecule has 0 spiro atoms. The van der Waals surface area contributed by atoms with Gasteiger partial charge in [-0.05, 0) is 29.8 Å². The lowest BCUT2D eigenvalue weighted by atomic mass is 10.1. The van der Waals surface area contributed by atoms with Crippen LogP contribution < -0.4 is 9.64 Å². The summed E-state index contributed by atoms with van der Waals surface area (Å²) in [6, 6.07) is 18.9. The summed E-state index contributed by atoms with van der Waals surface area (Å²) in [5, 5.41) is 19.4. The Labute approximate surface area is 190 Å². The monoisotopic (exact) mass is 441 g/mol. The van der Waals surface area contributed by atoms with Crippen molar-refractivity contribution in [3.8, 4) is 5.75 Å². The number of piperazine rings is 1. The van der Waals surface area contributed by atoms with Gasteiger partial charge >= 0.3 is 0 Å². The van der Waals surface area contributed by atoms with E-state index in [1.54, 1.807) is 0 Å². The van der Waals surface area contributed by atoms with E-state index in [-0.39, 0.29) is 18.8 Å². The predicted molar refractivity (Wildman–Crippen MR) is 125 cm³/mol. The molecule has 7 heteroatoms. The molecule has 2 saturated heterocycles. The summed E-state index contributed by atoms with van der Waals surface area (Å²) in [4.78, 5) is 7.23. The van der Waals surface area contributed by atoms with Crippen molar-refractivity contribution in [2.75, 3.05) is 70.6 Å². The van der Waals surface area contributed by atoms with E-state index in [1.165, 1.54) is 11.3 Å². The number of β-amino-alcohol motifs (C(OH)–C–C–N with tert-alkyl or cyclic N) is 1. The molecule has 4 rings (SSSR count). The number of likely N-dealkylation sites (tertiary alicyclic amines) is 1. The lowest BCUT2D eigenvalue weighted by Gasteiger charge is -2.39. The largest absolute Gasteiger partial charge is 0.491 e. The number of benzene rings is 2. The first kappa shape index (κ1) is 23.0. The van der Waals surface area contributed by atoms with E-state index in [0.717, 1.165) is 45.0 Å². The van der Waals surface area contributed by atoms with Crippen molar-refractivity contribution in [3.63, 3.8) is 0 Å². The van der Waals surface area contributed by atoms with Crippen LogP contribution in [0, 0.1) is 0 Å². The van der Waals surface area contributed by atoms with Crippen molar-refractivity contribution in [1.29, 1.82) is 0 Å². The first-order valence-corrected chi connectivity index (χ1v) is 11.6. The Kier molecular flexibility index (Phi) is 8.36. The summed E-state index contributed by atoms with van der Waals surface area (Å²) in [5.41, 5.74) is 2.50. The first-order chi connectivity index (χ1) is 15.7. The van der Waals surface area contributed by atoms with Gasteiger partial charge < -0.3 is 24.6 Å². The maximum Gasteiger partial charge on any atom is 0.119 e. The second-order valence-corrected chi connectivity index (χ2v) is 8.52. The zero-order valence-electron chi connectivity index (χ0n) is 18.7. The van der Waals surface area contributed by atoms with Gasteiger partial charge in [-0.1, -0.05) is 30.3 Å². The molecular weight excluding hydrogens is 406 g/mol. The van der Waals surface area contributed by atoms with Gasteiger partial charge in [-0.3, -0.25) is 9.80 Å². The molecule has 0 amide bonds. The Morgan fingerprint density at radius 3 is 2.31 bits per heavy atom. The van der Waals surface area contributed by atoms with Gasteiger partial charge in [0.2, 0.25) is 0 Å². The van der Waals surface area contributed by atoms with Crippen molar-refractivity contribution in [3.05, 3.63) is 60.2 Å². The molecule has 0 unspecified atom stereocenters. The molecule has 2 atom stereocenters. The maximum atomic E-state index is 10.7. The van der Waals surface area contributed by atoms with Crippen LogP contribution in [0.2, 0.25) is 0 Å². The van der Waals surface area contributed by atoms with Gasteiger partial charge in [0.25, 0.3) is 0 Å². The Balaban J connectivity index is 1.21. The molecule has 0 bridgehead atoms. The van der Waals surface area contributed by atoms with E-state index in [1.807, 2.05) is 12.1 Å². The number of aliphatic hydroxyl groups is 2. The van der Waals surface area contributed by atoms with Gasteiger partial charge in [0.15, 0.2) is 0 Å². The third kappa shape index (κ3) is 6.21. The summed E-state index contributed by atoms with van der Waals surface area (Å²) in [5.74, 6) is 0.817. The molecule has 2 aromatic carbocycles. The summed E-state index contributed by atoms with van der Waals surface area (Å²) in [7, 11) is 0. The number of rotatable bonds is 10. The smallest absolute Gasteiger partial charge is 0.119 e. The van der Waals surface area contributed by atoms with E-state index in [2.05, 4.69) is 57.2 Å². The Hall–Kier alpha value is -2.16. The fraction of sp³-hybridized carbons (Fsp3) is 0.520. The maximum absolute atomic E-state index is 10.7. The molecule has 2 aliphatic heterocycles. The van der Waals surface area contributed by atoms with Gasteiger partial charge in [0, 0.05) is 57.5 Å². The van der Waals surface area contributed by atoms with Gasteiger partial charge in [0.1, 0.15) is 12.4 Å². The van der Waals surface area contributed by atoms with Gasteiger partial charge in [0.05, 0.1) is 25.9 Å². The zero-order chi connectivity index (χ0) is 22.2. The lowest BCUT2D eigenvalue weighted by molar-refractivity contribution is 0.0705. The molecule has 0 saturated carbocycles. The fourth-order valence-electron chi connectivity index (χ4n) is 4.62. The summed E-state index contributed by atoms with van der Waals surface area (Å²) >= 11 is 0. The molecule has 7 nitrogen and oxygen atoms in total. The van der Waals surface area contributed by atoms with Crippen LogP contribution in [-0.4, -0.2) is 97.9 Å². The number of ether oxygens (including phenoxy) is 2. The molecule has 2 N–H and O–H groups in total. The average Bonchev–Trinajstić information content (AvgIpc) is 3.20. The van der Waals surface area contributed by atoms with Crippen molar-refractivity contribution in [2.45, 2.75) is 18.7 Å². The van der Waals surface area contributed by atoms with Crippen LogP contribution in [0.1, 0.15) is 5.56 Å². The van der Waals surface area contributed by atoms with E-state index in [9.17, 15) is 5.11 Å². The molecule has 2 heterocycles. The third-order valence-electron chi connectivity index (χ3n) is 6.30.